The van der Waals surface area contributed by atoms with E-state index in [1.807, 2.05) is 0 Å². The van der Waals surface area contributed by atoms with Crippen molar-refractivity contribution < 1.29 is 0 Å². The summed E-state index contributed by atoms with van der Waals surface area (Å²) in [5, 5.41) is 8.77. The summed E-state index contributed by atoms with van der Waals surface area (Å²) in [6.45, 7) is 7.26. The highest BCUT2D eigenvalue weighted by atomic mass is 35.5. The van der Waals surface area contributed by atoms with Crippen LogP contribution in [0.3, 0.4) is 0 Å². The lowest BCUT2D eigenvalue weighted by Gasteiger charge is -2.16. The highest BCUT2D eigenvalue weighted by Crippen LogP contribution is 2.36. The van der Waals surface area contributed by atoms with Gasteiger partial charge in [-0.05, 0) is 48.3 Å². The molecule has 2 aromatic heterocycles. The third kappa shape index (κ3) is 2.74. The summed E-state index contributed by atoms with van der Waals surface area (Å²) in [5.74, 6) is 0. The lowest BCUT2D eigenvalue weighted by atomic mass is 10.1. The Kier molecular flexibility index (Phi) is 4.26. The average molecular weight is 286 g/mol. The smallest absolute Gasteiger partial charge is 0.0694 e. The minimum Gasteiger partial charge on any atom is -0.306 e. The van der Waals surface area contributed by atoms with Gasteiger partial charge in [0.05, 0.1) is 11.1 Å². The molecule has 0 spiro atoms. The molecule has 0 aliphatic carbocycles. The molecule has 1 nitrogen and oxygen atoms in total. The quantitative estimate of drug-likeness (QED) is 0.852. The van der Waals surface area contributed by atoms with E-state index in [4.69, 9.17) is 11.6 Å². The Hall–Kier alpha value is -0.350. The normalized spacial score (nSPS) is 12.9. The third-order valence-corrected chi connectivity index (χ3v) is 5.34. The van der Waals surface area contributed by atoms with Gasteiger partial charge in [0.25, 0.3) is 0 Å². The molecular weight excluding hydrogens is 270 g/mol. The highest BCUT2D eigenvalue weighted by molar-refractivity contribution is 7.11. The fourth-order valence-electron chi connectivity index (χ4n) is 1.83. The fourth-order valence-corrected chi connectivity index (χ4v) is 3.96. The number of nitrogens with one attached hydrogen (secondary N) is 1. The molecule has 0 aliphatic heterocycles. The summed E-state index contributed by atoms with van der Waals surface area (Å²) in [6, 6.07) is 2.47. The molecule has 2 heterocycles. The first-order chi connectivity index (χ1) is 8.13. The van der Waals surface area contributed by atoms with E-state index in [9.17, 15) is 0 Å². The van der Waals surface area contributed by atoms with Gasteiger partial charge in [0, 0.05) is 9.75 Å². The largest absolute Gasteiger partial charge is 0.306 e. The van der Waals surface area contributed by atoms with Crippen LogP contribution in [-0.2, 0) is 0 Å². The number of thiophene rings is 2. The Morgan fingerprint density at radius 2 is 2.06 bits per heavy atom. The Labute approximate surface area is 115 Å². The molecule has 0 fully saturated rings. The van der Waals surface area contributed by atoms with Gasteiger partial charge < -0.3 is 5.32 Å². The van der Waals surface area contributed by atoms with Crippen LogP contribution in [-0.4, -0.2) is 6.54 Å². The molecule has 1 N–H and O–H groups in total. The van der Waals surface area contributed by atoms with Crippen LogP contribution in [0.5, 0.6) is 0 Å². The van der Waals surface area contributed by atoms with Gasteiger partial charge in [0.15, 0.2) is 0 Å². The van der Waals surface area contributed by atoms with E-state index in [1.165, 1.54) is 20.9 Å². The average Bonchev–Trinajstić information content (AvgIpc) is 2.85. The van der Waals surface area contributed by atoms with Crippen LogP contribution in [0.1, 0.15) is 33.8 Å². The Morgan fingerprint density at radius 3 is 2.53 bits per heavy atom. The molecule has 0 amide bonds. The lowest BCUT2D eigenvalue weighted by Crippen LogP contribution is -2.20. The van der Waals surface area contributed by atoms with Gasteiger partial charge >= 0.3 is 0 Å². The summed E-state index contributed by atoms with van der Waals surface area (Å²) >= 11 is 9.90. The van der Waals surface area contributed by atoms with Gasteiger partial charge in [-0.3, -0.25) is 0 Å². The van der Waals surface area contributed by atoms with Crippen molar-refractivity contribution >= 4 is 34.3 Å². The van der Waals surface area contributed by atoms with E-state index in [-0.39, 0.29) is 6.04 Å². The molecule has 17 heavy (non-hydrogen) atoms. The van der Waals surface area contributed by atoms with Crippen molar-refractivity contribution in [3.05, 3.63) is 42.7 Å². The SMILES string of the molecule is CCNC(c1csc(C)c1)c1scc(C)c1Cl. The topological polar surface area (TPSA) is 12.0 Å². The second kappa shape index (κ2) is 5.53. The fraction of sp³-hybridized carbons (Fsp3) is 0.385. The lowest BCUT2D eigenvalue weighted by molar-refractivity contribution is 0.641. The predicted molar refractivity (Wildman–Crippen MR) is 78.6 cm³/mol. The van der Waals surface area contributed by atoms with E-state index in [2.05, 4.69) is 42.9 Å². The third-order valence-electron chi connectivity index (χ3n) is 2.68. The van der Waals surface area contributed by atoms with Crippen molar-refractivity contribution in [2.24, 2.45) is 0 Å². The zero-order chi connectivity index (χ0) is 12.4. The number of aryl methyl sites for hydroxylation is 2. The van der Waals surface area contributed by atoms with Gasteiger partial charge in [0.1, 0.15) is 0 Å². The zero-order valence-electron chi connectivity index (χ0n) is 10.2. The van der Waals surface area contributed by atoms with Crippen LogP contribution in [0.25, 0.3) is 0 Å². The van der Waals surface area contributed by atoms with E-state index < -0.39 is 0 Å². The first-order valence-corrected chi connectivity index (χ1v) is 7.79. The van der Waals surface area contributed by atoms with Crippen molar-refractivity contribution in [2.75, 3.05) is 6.54 Å². The second-order valence-electron chi connectivity index (χ2n) is 4.08. The van der Waals surface area contributed by atoms with Crippen molar-refractivity contribution in [3.63, 3.8) is 0 Å². The van der Waals surface area contributed by atoms with E-state index in [0.717, 1.165) is 11.6 Å². The molecule has 0 bridgehead atoms. The molecule has 2 rings (SSSR count). The Bertz CT molecular complexity index is 501. The van der Waals surface area contributed by atoms with E-state index in [0.29, 0.717) is 0 Å². The summed E-state index contributed by atoms with van der Waals surface area (Å²) in [6.07, 6.45) is 0. The van der Waals surface area contributed by atoms with Crippen molar-refractivity contribution in [1.29, 1.82) is 0 Å². The maximum atomic E-state index is 6.37. The molecule has 1 atom stereocenters. The first kappa shape index (κ1) is 13.1. The van der Waals surface area contributed by atoms with Gasteiger partial charge in [-0.1, -0.05) is 18.5 Å². The van der Waals surface area contributed by atoms with E-state index in [1.54, 1.807) is 22.7 Å². The number of hydrogen-bond acceptors (Lipinski definition) is 3. The standard InChI is InChI=1S/C13H16ClNS2/c1-4-15-12(10-5-9(3)16-7-10)13-11(14)8(2)6-17-13/h5-7,12,15H,4H2,1-3H3. The summed E-state index contributed by atoms with van der Waals surface area (Å²) < 4.78 is 0. The monoisotopic (exact) mass is 285 g/mol. The van der Waals surface area contributed by atoms with E-state index >= 15 is 0 Å². The Balaban J connectivity index is 2.38. The summed E-state index contributed by atoms with van der Waals surface area (Å²) in [5.41, 5.74) is 2.49. The van der Waals surface area contributed by atoms with Crippen LogP contribution in [0.4, 0.5) is 0 Å². The second-order valence-corrected chi connectivity index (χ2v) is 6.48. The summed E-state index contributed by atoms with van der Waals surface area (Å²) in [4.78, 5) is 2.57. The zero-order valence-corrected chi connectivity index (χ0v) is 12.6. The molecule has 2 aromatic rings. The van der Waals surface area contributed by atoms with Crippen LogP contribution in [0.15, 0.2) is 16.8 Å². The van der Waals surface area contributed by atoms with Crippen molar-refractivity contribution in [3.8, 4) is 0 Å². The highest BCUT2D eigenvalue weighted by Gasteiger charge is 2.19. The minimum atomic E-state index is 0.233. The molecule has 4 heteroatoms. The van der Waals surface area contributed by atoms with Crippen LogP contribution in [0.2, 0.25) is 5.02 Å². The van der Waals surface area contributed by atoms with Gasteiger partial charge in [-0.25, -0.2) is 0 Å². The molecule has 0 radical (unpaired) electrons. The van der Waals surface area contributed by atoms with Gasteiger partial charge in [0.2, 0.25) is 0 Å². The van der Waals surface area contributed by atoms with Crippen molar-refractivity contribution in [1.82, 2.24) is 5.32 Å². The minimum absolute atomic E-state index is 0.233. The van der Waals surface area contributed by atoms with Crippen LogP contribution >= 0.6 is 34.3 Å². The van der Waals surface area contributed by atoms with Crippen LogP contribution < -0.4 is 5.32 Å². The van der Waals surface area contributed by atoms with Gasteiger partial charge in [-0.2, -0.15) is 0 Å². The van der Waals surface area contributed by atoms with Crippen molar-refractivity contribution in [2.45, 2.75) is 26.8 Å². The first-order valence-electron chi connectivity index (χ1n) is 5.65. The maximum Gasteiger partial charge on any atom is 0.0694 e. The molecule has 92 valence electrons. The molecule has 0 aliphatic rings. The summed E-state index contributed by atoms with van der Waals surface area (Å²) in [7, 11) is 0. The predicted octanol–water partition coefficient (Wildman–Crippen LogP) is 4.78. The molecule has 0 saturated carbocycles. The molecular formula is C13H16ClNS2. The molecule has 0 saturated heterocycles. The maximum absolute atomic E-state index is 6.37. The Morgan fingerprint density at radius 1 is 1.29 bits per heavy atom. The molecule has 0 aromatic carbocycles. The number of halogens is 1. The number of hydrogen-bond donors (Lipinski definition) is 1. The number of rotatable bonds is 4. The van der Waals surface area contributed by atoms with Gasteiger partial charge in [-0.15, -0.1) is 22.7 Å². The van der Waals surface area contributed by atoms with Crippen LogP contribution in [0, 0.1) is 13.8 Å². The molecule has 1 unspecified atom stereocenters.